The van der Waals surface area contributed by atoms with Crippen LogP contribution in [0.4, 0.5) is 5.69 Å². The zero-order chi connectivity index (χ0) is 22.5. The minimum absolute atomic E-state index is 0.230. The molecule has 1 aromatic carbocycles. The number of allylic oxidation sites excluding steroid dienone is 1. The highest BCUT2D eigenvalue weighted by Crippen LogP contribution is 2.30. The highest BCUT2D eigenvalue weighted by molar-refractivity contribution is 7.99. The molecule has 8 nitrogen and oxygen atoms in total. The molecular formula is C21H30N2O6S. The number of anilines is 1. The first-order chi connectivity index (χ1) is 14.0. The molecule has 1 aromatic rings. The molecule has 0 saturated heterocycles. The van der Waals surface area contributed by atoms with E-state index in [1.807, 2.05) is 32.9 Å². The summed E-state index contributed by atoms with van der Waals surface area (Å²) in [6.45, 7) is 5.75. The highest BCUT2D eigenvalue weighted by Gasteiger charge is 2.37. The Morgan fingerprint density at radius 3 is 2.57 bits per heavy atom. The number of hydrogen-bond acceptors (Lipinski definition) is 7. The van der Waals surface area contributed by atoms with Gasteiger partial charge in [0.1, 0.15) is 24.4 Å². The number of methoxy groups -OCH3 is 1. The average molecular weight is 439 g/mol. The van der Waals surface area contributed by atoms with Crippen LogP contribution in [0, 0.1) is 5.41 Å². The second-order valence-electron chi connectivity index (χ2n) is 8.21. The van der Waals surface area contributed by atoms with Crippen molar-refractivity contribution >= 4 is 29.3 Å². The van der Waals surface area contributed by atoms with E-state index in [1.165, 1.54) is 24.9 Å². The van der Waals surface area contributed by atoms with Gasteiger partial charge in [0.05, 0.1) is 5.69 Å². The predicted molar refractivity (Wildman–Crippen MR) is 115 cm³/mol. The van der Waals surface area contributed by atoms with Gasteiger partial charge in [0.25, 0.3) is 5.91 Å². The maximum absolute atomic E-state index is 12.7. The molecule has 166 valence electrons. The lowest BCUT2D eigenvalue weighted by molar-refractivity contribution is -0.150. The Balaban J connectivity index is 2.03. The van der Waals surface area contributed by atoms with Crippen LogP contribution < -0.4 is 10.6 Å². The lowest BCUT2D eigenvalue weighted by Gasteiger charge is -2.28. The van der Waals surface area contributed by atoms with Crippen LogP contribution in [-0.4, -0.2) is 70.5 Å². The second-order valence-corrected chi connectivity index (χ2v) is 9.27. The van der Waals surface area contributed by atoms with Crippen LogP contribution in [0.2, 0.25) is 0 Å². The van der Waals surface area contributed by atoms with E-state index < -0.39 is 36.4 Å². The van der Waals surface area contributed by atoms with Crippen LogP contribution in [0.5, 0.6) is 0 Å². The lowest BCUT2D eigenvalue weighted by atomic mass is 9.94. The molecule has 0 spiro atoms. The number of aliphatic hydroxyl groups is 3. The third-order valence-electron chi connectivity index (χ3n) is 4.50. The Bertz CT molecular complexity index is 779. The quantitative estimate of drug-likeness (QED) is 0.401. The molecule has 9 heteroatoms. The van der Waals surface area contributed by atoms with Crippen LogP contribution in [0.25, 0.3) is 0 Å². The van der Waals surface area contributed by atoms with Gasteiger partial charge in [-0.1, -0.05) is 45.1 Å². The minimum atomic E-state index is -1.70. The third kappa shape index (κ3) is 6.55. The first-order valence-corrected chi connectivity index (χ1v) is 10.6. The molecule has 1 heterocycles. The largest absolute Gasteiger partial charge is 0.387 e. The fourth-order valence-corrected chi connectivity index (χ4v) is 3.84. The summed E-state index contributed by atoms with van der Waals surface area (Å²) < 4.78 is 5.06. The predicted octanol–water partition coefficient (Wildman–Crippen LogP) is 0.916. The van der Waals surface area contributed by atoms with Crippen molar-refractivity contribution in [2.24, 2.45) is 5.41 Å². The molecule has 0 bridgehead atoms. The van der Waals surface area contributed by atoms with Gasteiger partial charge in [0.2, 0.25) is 5.91 Å². The molecule has 2 amide bonds. The van der Waals surface area contributed by atoms with Crippen LogP contribution in [0.15, 0.2) is 41.3 Å². The number of para-hydroxylation sites is 1. The molecule has 30 heavy (non-hydrogen) atoms. The monoisotopic (exact) mass is 438 g/mol. The van der Waals surface area contributed by atoms with Crippen molar-refractivity contribution in [2.75, 3.05) is 18.2 Å². The zero-order valence-electron chi connectivity index (χ0n) is 17.5. The summed E-state index contributed by atoms with van der Waals surface area (Å²) in [7, 11) is 1.20. The number of nitrogens with one attached hydrogen (secondary N) is 2. The van der Waals surface area contributed by atoms with Gasteiger partial charge in [-0.3, -0.25) is 9.59 Å². The first kappa shape index (κ1) is 24.4. The van der Waals surface area contributed by atoms with Crippen molar-refractivity contribution in [1.82, 2.24) is 5.32 Å². The standard InChI is InChI=1S/C21H30N2O6S/c1-21(2,3)10-9-14(24)16(25)17(26)18(29-4)20(28)23-13-11-30-15-8-6-5-7-12(15)22-19(13)27/h5-10,13-14,16-18,24-26H,11H2,1-4H3,(H,22,27)(H,23,28)/b10-9+/t13-,14+,16-,17+,18+/m0/s1. The SMILES string of the molecule is CO[C@@H](C(=O)N[C@H]1CSc2ccccc2NC1=O)[C@H](O)[C@@H](O)[C@H](O)/C=C/C(C)(C)C. The number of carbonyl (C=O) groups is 2. The van der Waals surface area contributed by atoms with Gasteiger partial charge in [0.15, 0.2) is 6.10 Å². The molecule has 0 radical (unpaired) electrons. The van der Waals surface area contributed by atoms with Crippen molar-refractivity contribution in [3.05, 3.63) is 36.4 Å². The van der Waals surface area contributed by atoms with Crippen LogP contribution in [0.3, 0.4) is 0 Å². The number of aliphatic hydroxyl groups excluding tert-OH is 3. The van der Waals surface area contributed by atoms with E-state index in [1.54, 1.807) is 18.2 Å². The molecule has 0 saturated carbocycles. The van der Waals surface area contributed by atoms with E-state index in [2.05, 4.69) is 10.6 Å². The maximum atomic E-state index is 12.7. The molecular weight excluding hydrogens is 408 g/mol. The Hall–Kier alpha value is -1.91. The molecule has 0 unspecified atom stereocenters. The number of hydrogen-bond donors (Lipinski definition) is 5. The van der Waals surface area contributed by atoms with Crippen molar-refractivity contribution < 1.29 is 29.6 Å². The third-order valence-corrected chi connectivity index (χ3v) is 5.67. The smallest absolute Gasteiger partial charge is 0.252 e. The second kappa shape index (κ2) is 10.4. The van der Waals surface area contributed by atoms with E-state index in [-0.39, 0.29) is 11.3 Å². The molecule has 0 aliphatic carbocycles. The topological polar surface area (TPSA) is 128 Å². The van der Waals surface area contributed by atoms with Gasteiger partial charge in [-0.2, -0.15) is 0 Å². The van der Waals surface area contributed by atoms with E-state index in [0.29, 0.717) is 11.4 Å². The molecule has 0 aromatic heterocycles. The van der Waals surface area contributed by atoms with E-state index in [0.717, 1.165) is 4.90 Å². The van der Waals surface area contributed by atoms with Gasteiger partial charge in [-0.05, 0) is 17.5 Å². The molecule has 1 aliphatic heterocycles. The lowest BCUT2D eigenvalue weighted by Crippen LogP contribution is -2.55. The summed E-state index contributed by atoms with van der Waals surface area (Å²) in [6, 6.07) is 6.44. The van der Waals surface area contributed by atoms with E-state index in [4.69, 9.17) is 4.74 Å². The summed E-state index contributed by atoms with van der Waals surface area (Å²) in [5.41, 5.74) is 0.433. The molecule has 5 atom stereocenters. The van der Waals surface area contributed by atoms with Gasteiger partial charge >= 0.3 is 0 Å². The molecule has 0 fully saturated rings. The van der Waals surface area contributed by atoms with Crippen molar-refractivity contribution in [1.29, 1.82) is 0 Å². The number of fused-ring (bicyclic) bond motifs is 1. The van der Waals surface area contributed by atoms with Gasteiger partial charge in [0, 0.05) is 17.8 Å². The Labute approximate surface area is 180 Å². The maximum Gasteiger partial charge on any atom is 0.252 e. The van der Waals surface area contributed by atoms with Crippen LogP contribution >= 0.6 is 11.8 Å². The molecule has 2 rings (SSSR count). The zero-order valence-corrected chi connectivity index (χ0v) is 18.3. The molecule has 5 N–H and O–H groups in total. The van der Waals surface area contributed by atoms with Gasteiger partial charge in [-0.25, -0.2) is 0 Å². The fourth-order valence-electron chi connectivity index (χ4n) is 2.81. The van der Waals surface area contributed by atoms with Crippen molar-refractivity contribution in [3.63, 3.8) is 0 Å². The van der Waals surface area contributed by atoms with Crippen LogP contribution in [0.1, 0.15) is 20.8 Å². The minimum Gasteiger partial charge on any atom is -0.387 e. The Kier molecular flexibility index (Phi) is 8.45. The Morgan fingerprint density at radius 2 is 1.93 bits per heavy atom. The number of amides is 2. The number of benzene rings is 1. The van der Waals surface area contributed by atoms with E-state index in [9.17, 15) is 24.9 Å². The average Bonchev–Trinajstić information content (AvgIpc) is 2.84. The van der Waals surface area contributed by atoms with Gasteiger partial charge in [-0.15, -0.1) is 11.8 Å². The Morgan fingerprint density at radius 1 is 1.27 bits per heavy atom. The number of carbonyl (C=O) groups excluding carboxylic acids is 2. The van der Waals surface area contributed by atoms with Crippen molar-refractivity contribution in [2.45, 2.75) is 56.1 Å². The van der Waals surface area contributed by atoms with E-state index >= 15 is 0 Å². The van der Waals surface area contributed by atoms with Crippen molar-refractivity contribution in [3.8, 4) is 0 Å². The summed E-state index contributed by atoms with van der Waals surface area (Å²) in [4.78, 5) is 26.0. The summed E-state index contributed by atoms with van der Waals surface area (Å²) in [5, 5.41) is 36.1. The summed E-state index contributed by atoms with van der Waals surface area (Å²) >= 11 is 1.41. The fraction of sp³-hybridized carbons (Fsp3) is 0.524. The normalized spacial score (nSPS) is 21.2. The first-order valence-electron chi connectivity index (χ1n) is 9.63. The summed E-state index contributed by atoms with van der Waals surface area (Å²) in [6.07, 6.45) is -3.16. The van der Waals surface area contributed by atoms with Gasteiger partial charge < -0.3 is 30.7 Å². The van der Waals surface area contributed by atoms with Crippen LogP contribution in [-0.2, 0) is 14.3 Å². The molecule has 1 aliphatic rings. The highest BCUT2D eigenvalue weighted by atomic mass is 32.2. The number of thioether (sulfide) groups is 1. The number of ether oxygens (including phenoxy) is 1. The number of rotatable bonds is 7. The summed E-state index contributed by atoms with van der Waals surface area (Å²) in [5.74, 6) is -0.859.